The molecule has 1 aromatic heterocycles. The Morgan fingerprint density at radius 2 is 2.05 bits per heavy atom. The van der Waals surface area contributed by atoms with Gasteiger partial charge in [-0.25, -0.2) is 4.98 Å². The van der Waals surface area contributed by atoms with Gasteiger partial charge in [-0.3, -0.25) is 14.9 Å². The fourth-order valence-electron chi connectivity index (χ4n) is 1.84. The van der Waals surface area contributed by atoms with E-state index in [-0.39, 0.29) is 11.3 Å². The van der Waals surface area contributed by atoms with Crippen molar-refractivity contribution in [2.75, 3.05) is 24.3 Å². The molecule has 0 radical (unpaired) electrons. The molecule has 114 valence electrons. The van der Waals surface area contributed by atoms with Gasteiger partial charge in [0, 0.05) is 38.1 Å². The molecule has 1 heterocycles. The summed E-state index contributed by atoms with van der Waals surface area (Å²) in [6.45, 7) is 0. The summed E-state index contributed by atoms with van der Waals surface area (Å²) >= 11 is 5.73. The van der Waals surface area contributed by atoms with Gasteiger partial charge < -0.3 is 10.2 Å². The monoisotopic (exact) mass is 320 g/mol. The highest BCUT2D eigenvalue weighted by Crippen LogP contribution is 2.25. The number of rotatable bonds is 4. The molecule has 1 N–H and O–H groups in total. The van der Waals surface area contributed by atoms with Crippen LogP contribution in [0.2, 0.25) is 5.02 Å². The Balaban J connectivity index is 2.36. The predicted molar refractivity (Wildman–Crippen MR) is 84.6 cm³/mol. The van der Waals surface area contributed by atoms with Crippen molar-refractivity contribution in [3.8, 4) is 0 Å². The Bertz CT molecular complexity index is 717. The van der Waals surface area contributed by atoms with E-state index in [1.54, 1.807) is 31.1 Å². The van der Waals surface area contributed by atoms with Gasteiger partial charge in [0.05, 0.1) is 15.5 Å². The number of aromatic nitrogens is 1. The summed E-state index contributed by atoms with van der Waals surface area (Å²) in [6, 6.07) is 7.26. The maximum atomic E-state index is 12.4. The van der Waals surface area contributed by atoms with Crippen molar-refractivity contribution in [1.29, 1.82) is 0 Å². The molecule has 1 aromatic carbocycles. The van der Waals surface area contributed by atoms with E-state index in [0.29, 0.717) is 16.5 Å². The molecule has 0 unspecified atom stereocenters. The first-order valence-corrected chi connectivity index (χ1v) is 6.65. The van der Waals surface area contributed by atoms with Gasteiger partial charge in [0.2, 0.25) is 0 Å². The highest BCUT2D eigenvalue weighted by Gasteiger charge is 2.18. The summed E-state index contributed by atoms with van der Waals surface area (Å²) in [5, 5.41) is 13.9. The molecule has 0 atom stereocenters. The normalized spacial score (nSPS) is 10.1. The van der Waals surface area contributed by atoms with Gasteiger partial charge >= 0.3 is 0 Å². The number of anilines is 2. The van der Waals surface area contributed by atoms with Crippen molar-refractivity contribution in [2.24, 2.45) is 0 Å². The number of amides is 1. The van der Waals surface area contributed by atoms with Gasteiger partial charge in [-0.1, -0.05) is 11.6 Å². The molecule has 1 amide bonds. The summed E-state index contributed by atoms with van der Waals surface area (Å²) in [5.41, 5.74) is 0.604. The van der Waals surface area contributed by atoms with E-state index in [0.717, 1.165) is 0 Å². The van der Waals surface area contributed by atoms with Crippen LogP contribution in [0.4, 0.5) is 17.2 Å². The van der Waals surface area contributed by atoms with Crippen LogP contribution in [0, 0.1) is 10.1 Å². The van der Waals surface area contributed by atoms with Crippen LogP contribution in [0.1, 0.15) is 10.4 Å². The zero-order valence-corrected chi connectivity index (χ0v) is 12.7. The van der Waals surface area contributed by atoms with E-state index >= 15 is 0 Å². The molecule has 0 aliphatic carbocycles. The number of hydrogen-bond donors (Lipinski definition) is 1. The zero-order chi connectivity index (χ0) is 16.3. The van der Waals surface area contributed by atoms with E-state index in [1.165, 1.54) is 24.4 Å². The van der Waals surface area contributed by atoms with Crippen molar-refractivity contribution >= 4 is 34.7 Å². The topological polar surface area (TPSA) is 88.4 Å². The first-order chi connectivity index (χ1) is 10.4. The molecule has 0 spiro atoms. The third kappa shape index (κ3) is 3.50. The molecule has 0 aliphatic heterocycles. The number of nitro benzene ring substituents is 1. The first-order valence-electron chi connectivity index (χ1n) is 6.27. The lowest BCUT2D eigenvalue weighted by Gasteiger charge is -2.16. The number of carbonyl (C=O) groups is 1. The van der Waals surface area contributed by atoms with Crippen molar-refractivity contribution < 1.29 is 9.72 Å². The van der Waals surface area contributed by atoms with Crippen molar-refractivity contribution in [1.82, 2.24) is 4.98 Å². The van der Waals surface area contributed by atoms with E-state index < -0.39 is 10.8 Å². The third-order valence-corrected chi connectivity index (χ3v) is 3.11. The van der Waals surface area contributed by atoms with Crippen LogP contribution in [0.3, 0.4) is 0 Å². The number of halogens is 1. The van der Waals surface area contributed by atoms with Crippen LogP contribution in [0.5, 0.6) is 0 Å². The maximum Gasteiger partial charge on any atom is 0.270 e. The zero-order valence-electron chi connectivity index (χ0n) is 11.9. The lowest BCUT2D eigenvalue weighted by atomic mass is 10.1. The van der Waals surface area contributed by atoms with Crippen LogP contribution in [0.15, 0.2) is 36.5 Å². The second-order valence-electron chi connectivity index (χ2n) is 4.67. The number of nitro groups is 1. The van der Waals surface area contributed by atoms with E-state index in [4.69, 9.17) is 11.6 Å². The van der Waals surface area contributed by atoms with Gasteiger partial charge in [0.1, 0.15) is 5.82 Å². The summed E-state index contributed by atoms with van der Waals surface area (Å²) in [4.78, 5) is 28.4. The van der Waals surface area contributed by atoms with E-state index in [1.807, 2.05) is 0 Å². The fourth-order valence-corrected chi connectivity index (χ4v) is 1.95. The second-order valence-corrected chi connectivity index (χ2v) is 5.11. The van der Waals surface area contributed by atoms with Crippen molar-refractivity contribution in [3.63, 3.8) is 0 Å². The van der Waals surface area contributed by atoms with Crippen LogP contribution in [-0.2, 0) is 0 Å². The van der Waals surface area contributed by atoms with E-state index in [2.05, 4.69) is 10.3 Å². The Kier molecular flexibility index (Phi) is 4.57. The summed E-state index contributed by atoms with van der Waals surface area (Å²) in [5.74, 6) is -0.173. The maximum absolute atomic E-state index is 12.4. The van der Waals surface area contributed by atoms with Crippen LogP contribution >= 0.6 is 11.6 Å². The Morgan fingerprint density at radius 3 is 2.59 bits per heavy atom. The number of benzene rings is 1. The van der Waals surface area contributed by atoms with E-state index in [9.17, 15) is 14.9 Å². The minimum atomic E-state index is -0.545. The first kappa shape index (κ1) is 15.7. The van der Waals surface area contributed by atoms with Crippen molar-refractivity contribution in [2.45, 2.75) is 0 Å². The molecule has 0 aliphatic rings. The molecular formula is C14H13ClN4O3. The number of nitrogens with one attached hydrogen (secondary N) is 1. The van der Waals surface area contributed by atoms with Gasteiger partial charge in [0.25, 0.3) is 11.6 Å². The van der Waals surface area contributed by atoms with Crippen LogP contribution < -0.4 is 10.2 Å². The Labute approximate surface area is 131 Å². The average molecular weight is 321 g/mol. The second kappa shape index (κ2) is 6.40. The highest BCUT2D eigenvalue weighted by atomic mass is 35.5. The number of hydrogen-bond acceptors (Lipinski definition) is 5. The van der Waals surface area contributed by atoms with Crippen LogP contribution in [-0.4, -0.2) is 29.9 Å². The summed E-state index contributed by atoms with van der Waals surface area (Å²) in [6.07, 6.45) is 1.40. The quantitative estimate of drug-likeness (QED) is 0.691. The number of pyridine rings is 1. The number of non-ortho nitro benzene ring substituents is 1. The standard InChI is InChI=1S/C14H13ClN4O3/c1-18(2)12-5-4-10(19(21)22)7-11(12)14(20)17-13-6-3-9(15)8-16-13/h3-8H,1-2H3,(H,16,17,20). The largest absolute Gasteiger partial charge is 0.377 e. The lowest BCUT2D eigenvalue weighted by Crippen LogP contribution is -2.19. The molecule has 7 nitrogen and oxygen atoms in total. The number of carbonyl (C=O) groups excluding carboxylic acids is 1. The van der Waals surface area contributed by atoms with Gasteiger partial charge in [-0.15, -0.1) is 0 Å². The molecule has 0 saturated carbocycles. The summed E-state index contributed by atoms with van der Waals surface area (Å²) in [7, 11) is 3.50. The Morgan fingerprint density at radius 1 is 1.32 bits per heavy atom. The molecule has 8 heteroatoms. The lowest BCUT2D eigenvalue weighted by molar-refractivity contribution is -0.384. The van der Waals surface area contributed by atoms with Gasteiger partial charge in [-0.05, 0) is 18.2 Å². The minimum Gasteiger partial charge on any atom is -0.377 e. The van der Waals surface area contributed by atoms with Crippen LogP contribution in [0.25, 0.3) is 0 Å². The van der Waals surface area contributed by atoms with Crippen molar-refractivity contribution in [3.05, 3.63) is 57.2 Å². The molecule has 0 saturated heterocycles. The summed E-state index contributed by atoms with van der Waals surface area (Å²) < 4.78 is 0. The molecule has 2 aromatic rings. The van der Waals surface area contributed by atoms with Gasteiger partial charge in [0.15, 0.2) is 0 Å². The SMILES string of the molecule is CN(C)c1ccc([N+](=O)[O-])cc1C(=O)Nc1ccc(Cl)cn1. The minimum absolute atomic E-state index is 0.153. The molecular weight excluding hydrogens is 308 g/mol. The molecule has 0 bridgehead atoms. The molecule has 22 heavy (non-hydrogen) atoms. The predicted octanol–water partition coefficient (Wildman–Crippen LogP) is 2.96. The molecule has 0 fully saturated rings. The third-order valence-electron chi connectivity index (χ3n) is 2.89. The fraction of sp³-hybridized carbons (Fsp3) is 0.143. The smallest absolute Gasteiger partial charge is 0.270 e. The Hall–Kier alpha value is -2.67. The average Bonchev–Trinajstić information content (AvgIpc) is 2.48. The van der Waals surface area contributed by atoms with Gasteiger partial charge in [-0.2, -0.15) is 0 Å². The molecule has 2 rings (SSSR count). The number of nitrogens with zero attached hydrogens (tertiary/aromatic N) is 3. The highest BCUT2D eigenvalue weighted by molar-refractivity contribution is 6.30.